The number of unbranched alkanes of at least 4 members (excludes halogenated alkanes) is 1. The van der Waals surface area contributed by atoms with Gasteiger partial charge in [-0.05, 0) is 100 Å². The van der Waals surface area contributed by atoms with E-state index in [1.54, 1.807) is 0 Å². The lowest BCUT2D eigenvalue weighted by molar-refractivity contribution is -0.151. The maximum Gasteiger partial charge on any atom is 0.306 e. The normalized spacial score (nSPS) is 36.8. The molecule has 0 aromatic carbocycles. The predicted octanol–water partition coefficient (Wildman–Crippen LogP) is 7.69. The fourth-order valence-electron chi connectivity index (χ4n) is 6.69. The Balaban J connectivity index is 1.37. The molecule has 0 bridgehead atoms. The van der Waals surface area contributed by atoms with Gasteiger partial charge in [-0.1, -0.05) is 46.0 Å². The van der Waals surface area contributed by atoms with E-state index in [4.69, 9.17) is 4.74 Å². The van der Waals surface area contributed by atoms with Crippen LogP contribution in [0.5, 0.6) is 0 Å². The Morgan fingerprint density at radius 3 is 1.96 bits per heavy atom. The molecule has 3 aliphatic rings. The molecule has 0 aliphatic heterocycles. The van der Waals surface area contributed by atoms with Crippen molar-refractivity contribution in [3.63, 3.8) is 0 Å². The summed E-state index contributed by atoms with van der Waals surface area (Å²) in [5.74, 6) is 4.86. The first kappa shape index (κ1) is 22.2. The highest BCUT2D eigenvalue weighted by molar-refractivity contribution is 5.69. The average molecular weight is 391 g/mol. The van der Waals surface area contributed by atoms with Crippen molar-refractivity contribution < 1.29 is 9.53 Å². The zero-order valence-corrected chi connectivity index (χ0v) is 18.8. The molecule has 3 rings (SSSR count). The van der Waals surface area contributed by atoms with Gasteiger partial charge in [0.15, 0.2) is 0 Å². The lowest BCUT2D eigenvalue weighted by atomic mass is 9.65. The van der Waals surface area contributed by atoms with Crippen LogP contribution in [0.2, 0.25) is 0 Å². The number of rotatable bonds is 8. The van der Waals surface area contributed by atoms with Crippen LogP contribution in [-0.2, 0) is 9.53 Å². The summed E-state index contributed by atoms with van der Waals surface area (Å²) in [5, 5.41) is 0. The molecule has 3 saturated carbocycles. The van der Waals surface area contributed by atoms with Gasteiger partial charge in [-0.3, -0.25) is 4.79 Å². The Kier molecular flexibility index (Phi) is 9.18. The standard InChI is InChI=1S/C26H46O2/c1-3-5-8-20-11-13-21(14-12-20)22-15-17-23(18-16-22)24-9-6-10-25(19-24)28-26(27)7-4-2/h20-25H,3-19H2,1-2H3/t20?,21?,22?,23?,24-,25+/m0/s1. The second-order valence-corrected chi connectivity index (χ2v) is 10.4. The highest BCUT2D eigenvalue weighted by Gasteiger charge is 2.35. The number of esters is 1. The van der Waals surface area contributed by atoms with Gasteiger partial charge in [0.05, 0.1) is 0 Å². The first-order chi connectivity index (χ1) is 13.7. The molecule has 0 aromatic rings. The molecule has 28 heavy (non-hydrogen) atoms. The van der Waals surface area contributed by atoms with Crippen molar-refractivity contribution in [2.24, 2.45) is 29.6 Å². The summed E-state index contributed by atoms with van der Waals surface area (Å²) in [4.78, 5) is 11.9. The monoisotopic (exact) mass is 390 g/mol. The smallest absolute Gasteiger partial charge is 0.306 e. The molecule has 3 aliphatic carbocycles. The summed E-state index contributed by atoms with van der Waals surface area (Å²) < 4.78 is 5.77. The van der Waals surface area contributed by atoms with Crippen LogP contribution in [0.1, 0.15) is 123 Å². The fourth-order valence-corrected chi connectivity index (χ4v) is 6.69. The quantitative estimate of drug-likeness (QED) is 0.397. The van der Waals surface area contributed by atoms with E-state index in [0.29, 0.717) is 6.42 Å². The van der Waals surface area contributed by atoms with Crippen LogP contribution < -0.4 is 0 Å². The van der Waals surface area contributed by atoms with Crippen molar-refractivity contribution in [3.8, 4) is 0 Å². The van der Waals surface area contributed by atoms with Gasteiger partial charge in [0.2, 0.25) is 0 Å². The minimum Gasteiger partial charge on any atom is -0.462 e. The third-order valence-corrected chi connectivity index (χ3v) is 8.43. The number of hydrogen-bond donors (Lipinski definition) is 0. The first-order valence-electron chi connectivity index (χ1n) is 12.9. The molecule has 0 heterocycles. The Morgan fingerprint density at radius 1 is 0.750 bits per heavy atom. The lowest BCUT2D eigenvalue weighted by Crippen LogP contribution is -2.32. The van der Waals surface area contributed by atoms with Crippen LogP contribution in [0.25, 0.3) is 0 Å². The molecule has 0 unspecified atom stereocenters. The summed E-state index contributed by atoms with van der Waals surface area (Å²) in [6, 6.07) is 0. The van der Waals surface area contributed by atoms with Gasteiger partial charge in [0, 0.05) is 6.42 Å². The summed E-state index contributed by atoms with van der Waals surface area (Å²) >= 11 is 0. The van der Waals surface area contributed by atoms with E-state index < -0.39 is 0 Å². The SMILES string of the molecule is CCCCC1CCC(C2CCC([C@H]3CCC[C@@H](OC(=O)CCC)C3)CC2)CC1. The highest BCUT2D eigenvalue weighted by atomic mass is 16.5. The molecule has 0 saturated heterocycles. The topological polar surface area (TPSA) is 26.3 Å². The van der Waals surface area contributed by atoms with E-state index in [2.05, 4.69) is 13.8 Å². The maximum atomic E-state index is 11.9. The summed E-state index contributed by atoms with van der Waals surface area (Å²) in [5.41, 5.74) is 0. The molecule has 3 fully saturated rings. The van der Waals surface area contributed by atoms with Gasteiger partial charge in [-0.25, -0.2) is 0 Å². The Hall–Kier alpha value is -0.530. The molecule has 0 amide bonds. The van der Waals surface area contributed by atoms with Gasteiger partial charge in [0.1, 0.15) is 6.10 Å². The van der Waals surface area contributed by atoms with Crippen molar-refractivity contribution in [3.05, 3.63) is 0 Å². The van der Waals surface area contributed by atoms with E-state index >= 15 is 0 Å². The van der Waals surface area contributed by atoms with E-state index in [9.17, 15) is 4.79 Å². The molecule has 2 nitrogen and oxygen atoms in total. The minimum atomic E-state index is 0.0337. The second-order valence-electron chi connectivity index (χ2n) is 10.4. The van der Waals surface area contributed by atoms with Crippen LogP contribution in [0, 0.1) is 29.6 Å². The molecular weight excluding hydrogens is 344 g/mol. The third kappa shape index (κ3) is 6.49. The van der Waals surface area contributed by atoms with Gasteiger partial charge >= 0.3 is 5.97 Å². The molecule has 2 atom stereocenters. The molecule has 162 valence electrons. The average Bonchev–Trinajstić information content (AvgIpc) is 2.73. The Bertz CT molecular complexity index is 443. The Morgan fingerprint density at radius 2 is 1.36 bits per heavy atom. The summed E-state index contributed by atoms with van der Waals surface area (Å²) in [6.07, 6.45) is 22.8. The van der Waals surface area contributed by atoms with E-state index in [-0.39, 0.29) is 12.1 Å². The highest BCUT2D eigenvalue weighted by Crippen LogP contribution is 2.46. The lowest BCUT2D eigenvalue weighted by Gasteiger charge is -2.41. The molecule has 0 aromatic heterocycles. The van der Waals surface area contributed by atoms with Gasteiger partial charge in [-0.15, -0.1) is 0 Å². The first-order valence-corrected chi connectivity index (χ1v) is 12.9. The van der Waals surface area contributed by atoms with Crippen LogP contribution in [0.4, 0.5) is 0 Å². The second kappa shape index (κ2) is 11.6. The Labute approximate surface area is 174 Å². The number of carbonyl (C=O) groups is 1. The van der Waals surface area contributed by atoms with Crippen LogP contribution in [0.15, 0.2) is 0 Å². The predicted molar refractivity (Wildman–Crippen MR) is 117 cm³/mol. The summed E-state index contributed by atoms with van der Waals surface area (Å²) in [6.45, 7) is 4.38. The van der Waals surface area contributed by atoms with Crippen molar-refractivity contribution in [1.29, 1.82) is 0 Å². The van der Waals surface area contributed by atoms with Gasteiger partial charge in [0.25, 0.3) is 0 Å². The summed E-state index contributed by atoms with van der Waals surface area (Å²) in [7, 11) is 0. The number of hydrogen-bond acceptors (Lipinski definition) is 2. The van der Waals surface area contributed by atoms with Crippen molar-refractivity contribution in [2.45, 2.75) is 129 Å². The van der Waals surface area contributed by atoms with Gasteiger partial charge < -0.3 is 4.74 Å². The maximum absolute atomic E-state index is 11.9. The van der Waals surface area contributed by atoms with Crippen LogP contribution in [0.3, 0.4) is 0 Å². The zero-order valence-electron chi connectivity index (χ0n) is 18.8. The van der Waals surface area contributed by atoms with Crippen LogP contribution >= 0.6 is 0 Å². The largest absolute Gasteiger partial charge is 0.462 e. The molecule has 0 radical (unpaired) electrons. The zero-order chi connectivity index (χ0) is 19.8. The molecule has 2 heteroatoms. The van der Waals surface area contributed by atoms with Crippen molar-refractivity contribution in [2.75, 3.05) is 0 Å². The molecular formula is C26H46O2. The fraction of sp³-hybridized carbons (Fsp3) is 0.962. The molecule has 0 spiro atoms. The third-order valence-electron chi connectivity index (χ3n) is 8.43. The van der Waals surface area contributed by atoms with Crippen molar-refractivity contribution in [1.82, 2.24) is 0 Å². The van der Waals surface area contributed by atoms with E-state index in [0.717, 1.165) is 48.9 Å². The minimum absolute atomic E-state index is 0.0337. The van der Waals surface area contributed by atoms with Gasteiger partial charge in [-0.2, -0.15) is 0 Å². The van der Waals surface area contributed by atoms with E-state index in [1.165, 1.54) is 83.5 Å². The van der Waals surface area contributed by atoms with E-state index in [1.807, 2.05) is 0 Å². The van der Waals surface area contributed by atoms with Crippen molar-refractivity contribution >= 4 is 5.97 Å². The number of ether oxygens (including phenoxy) is 1. The molecule has 0 N–H and O–H groups in total. The number of carbonyl (C=O) groups excluding carboxylic acids is 1. The van der Waals surface area contributed by atoms with Crippen LogP contribution in [-0.4, -0.2) is 12.1 Å².